The van der Waals surface area contributed by atoms with Crippen molar-refractivity contribution in [1.29, 1.82) is 0 Å². The summed E-state index contributed by atoms with van der Waals surface area (Å²) in [4.78, 5) is 11.7. The molecule has 0 fully saturated rings. The van der Waals surface area contributed by atoms with E-state index in [0.29, 0.717) is 6.54 Å². The monoisotopic (exact) mass is 324 g/mol. The summed E-state index contributed by atoms with van der Waals surface area (Å²) in [6.07, 6.45) is 4.11. The molecule has 0 atom stereocenters. The van der Waals surface area contributed by atoms with Gasteiger partial charge in [-0.25, -0.2) is 4.79 Å². The van der Waals surface area contributed by atoms with E-state index >= 15 is 0 Å². The van der Waals surface area contributed by atoms with Crippen molar-refractivity contribution in [2.45, 2.75) is 45.8 Å². The van der Waals surface area contributed by atoms with E-state index in [0.717, 1.165) is 24.2 Å². The second-order valence-electron chi connectivity index (χ2n) is 6.14. The fourth-order valence-electron chi connectivity index (χ4n) is 1.92. The zero-order chi connectivity index (χ0) is 16.4. The van der Waals surface area contributed by atoms with E-state index in [1.54, 1.807) is 0 Å². The van der Waals surface area contributed by atoms with Gasteiger partial charge in [-0.2, -0.15) is 11.8 Å². The van der Waals surface area contributed by atoms with Crippen LogP contribution in [0, 0.1) is 0 Å². The van der Waals surface area contributed by atoms with E-state index in [1.807, 2.05) is 56.8 Å². The van der Waals surface area contributed by atoms with E-state index in [2.05, 4.69) is 16.9 Å². The van der Waals surface area contributed by atoms with Gasteiger partial charge in [0.05, 0.1) is 0 Å². The zero-order valence-corrected chi connectivity index (χ0v) is 14.9. The van der Waals surface area contributed by atoms with Crippen molar-refractivity contribution in [2.24, 2.45) is 0 Å². The highest BCUT2D eigenvalue weighted by molar-refractivity contribution is 7.98. The molecule has 0 radical (unpaired) electrons. The first-order chi connectivity index (χ1) is 10.4. The van der Waals surface area contributed by atoms with Crippen LogP contribution in [0.25, 0.3) is 0 Å². The summed E-state index contributed by atoms with van der Waals surface area (Å²) in [6, 6.07) is 8.04. The predicted octanol–water partition coefficient (Wildman–Crippen LogP) is 4.27. The van der Waals surface area contributed by atoms with Crippen molar-refractivity contribution in [3.8, 4) is 0 Å². The average molecular weight is 324 g/mol. The molecule has 1 amide bonds. The molecule has 0 saturated heterocycles. The molecule has 0 aliphatic carbocycles. The molecule has 0 aromatic heterocycles. The van der Waals surface area contributed by atoms with Gasteiger partial charge in [-0.3, -0.25) is 0 Å². The van der Waals surface area contributed by atoms with Crippen LogP contribution in [-0.2, 0) is 11.3 Å². The first-order valence-electron chi connectivity index (χ1n) is 7.70. The third-order valence-electron chi connectivity index (χ3n) is 2.93. The van der Waals surface area contributed by atoms with Crippen molar-refractivity contribution in [3.63, 3.8) is 0 Å². The molecule has 1 aromatic carbocycles. The number of hydrogen-bond donors (Lipinski definition) is 2. The molecular formula is C17H28N2O2S. The highest BCUT2D eigenvalue weighted by Crippen LogP contribution is 2.15. The van der Waals surface area contributed by atoms with Gasteiger partial charge in [-0.05, 0) is 57.3 Å². The topological polar surface area (TPSA) is 50.4 Å². The standard InChI is InChI=1S/C17H28N2O2S/c1-17(2,3)21-16(20)19-13-14-9-5-6-10-15(14)18-11-7-8-12-22-4/h5-6,9-10,18H,7-8,11-13H2,1-4H3,(H,19,20). The van der Waals surface area contributed by atoms with E-state index in [4.69, 9.17) is 4.74 Å². The molecule has 0 saturated carbocycles. The molecule has 5 heteroatoms. The van der Waals surface area contributed by atoms with Gasteiger partial charge in [0.25, 0.3) is 0 Å². The molecule has 0 heterocycles. The van der Waals surface area contributed by atoms with Crippen LogP contribution in [0.3, 0.4) is 0 Å². The van der Waals surface area contributed by atoms with Crippen LogP contribution in [0.1, 0.15) is 39.2 Å². The minimum absolute atomic E-state index is 0.387. The normalized spacial score (nSPS) is 11.1. The molecule has 4 nitrogen and oxygen atoms in total. The van der Waals surface area contributed by atoms with Gasteiger partial charge < -0.3 is 15.4 Å². The van der Waals surface area contributed by atoms with Gasteiger partial charge in [0.2, 0.25) is 0 Å². The summed E-state index contributed by atoms with van der Waals surface area (Å²) >= 11 is 1.88. The lowest BCUT2D eigenvalue weighted by Gasteiger charge is -2.20. The molecule has 1 rings (SSSR count). The highest BCUT2D eigenvalue weighted by Gasteiger charge is 2.15. The Kier molecular flexibility index (Phi) is 8.17. The second-order valence-corrected chi connectivity index (χ2v) is 7.12. The average Bonchev–Trinajstić information content (AvgIpc) is 2.44. The Morgan fingerprint density at radius 1 is 1.23 bits per heavy atom. The Morgan fingerprint density at radius 2 is 1.95 bits per heavy atom. The van der Waals surface area contributed by atoms with Gasteiger partial charge in [0.15, 0.2) is 0 Å². The van der Waals surface area contributed by atoms with Crippen LogP contribution in [0.2, 0.25) is 0 Å². The molecule has 0 aliphatic rings. The first-order valence-corrected chi connectivity index (χ1v) is 9.09. The molecule has 0 bridgehead atoms. The number of benzene rings is 1. The third-order valence-corrected chi connectivity index (χ3v) is 3.63. The number of carbonyl (C=O) groups excluding carboxylic acids is 1. The number of hydrogen-bond acceptors (Lipinski definition) is 4. The number of alkyl carbamates (subject to hydrolysis) is 1. The SMILES string of the molecule is CSCCCCNc1ccccc1CNC(=O)OC(C)(C)C. The molecule has 0 aliphatic heterocycles. The van der Waals surface area contributed by atoms with Crippen LogP contribution in [0.15, 0.2) is 24.3 Å². The summed E-state index contributed by atoms with van der Waals surface area (Å²) in [7, 11) is 0. The summed E-state index contributed by atoms with van der Waals surface area (Å²) in [5.74, 6) is 1.20. The van der Waals surface area contributed by atoms with Gasteiger partial charge in [0, 0.05) is 18.8 Å². The van der Waals surface area contributed by atoms with Crippen LogP contribution < -0.4 is 10.6 Å². The predicted molar refractivity (Wildman–Crippen MR) is 95.6 cm³/mol. The number of nitrogens with one attached hydrogen (secondary N) is 2. The molecule has 0 spiro atoms. The van der Waals surface area contributed by atoms with Crippen molar-refractivity contribution < 1.29 is 9.53 Å². The Bertz CT molecular complexity index is 458. The van der Waals surface area contributed by atoms with Crippen molar-refractivity contribution in [2.75, 3.05) is 23.9 Å². The summed E-state index contributed by atoms with van der Waals surface area (Å²) in [5.41, 5.74) is 1.67. The van der Waals surface area contributed by atoms with Crippen LogP contribution in [0.5, 0.6) is 0 Å². The van der Waals surface area contributed by atoms with E-state index in [-0.39, 0.29) is 6.09 Å². The van der Waals surface area contributed by atoms with Gasteiger partial charge in [-0.1, -0.05) is 18.2 Å². The van der Waals surface area contributed by atoms with E-state index < -0.39 is 5.60 Å². The number of amides is 1. The second kappa shape index (κ2) is 9.62. The maximum absolute atomic E-state index is 11.7. The van der Waals surface area contributed by atoms with Crippen LogP contribution in [0.4, 0.5) is 10.5 Å². The molecule has 1 aromatic rings. The lowest BCUT2D eigenvalue weighted by Crippen LogP contribution is -2.32. The summed E-state index contributed by atoms with van der Waals surface area (Å²) < 4.78 is 5.25. The smallest absolute Gasteiger partial charge is 0.407 e. The number of thioether (sulfide) groups is 1. The van der Waals surface area contributed by atoms with Gasteiger partial charge >= 0.3 is 6.09 Å². The Labute approximate surface area is 138 Å². The highest BCUT2D eigenvalue weighted by atomic mass is 32.2. The number of para-hydroxylation sites is 1. The lowest BCUT2D eigenvalue weighted by molar-refractivity contribution is 0.0523. The Morgan fingerprint density at radius 3 is 2.64 bits per heavy atom. The maximum atomic E-state index is 11.7. The zero-order valence-electron chi connectivity index (χ0n) is 14.1. The van der Waals surface area contributed by atoms with Crippen LogP contribution in [-0.4, -0.2) is 30.2 Å². The van der Waals surface area contributed by atoms with Crippen molar-refractivity contribution in [1.82, 2.24) is 5.32 Å². The first kappa shape index (κ1) is 18.7. The molecule has 0 unspecified atom stereocenters. The van der Waals surface area contributed by atoms with Crippen molar-refractivity contribution in [3.05, 3.63) is 29.8 Å². The fraction of sp³-hybridized carbons (Fsp3) is 0.588. The number of ether oxygens (including phenoxy) is 1. The number of unbranched alkanes of at least 4 members (excludes halogenated alkanes) is 1. The minimum atomic E-state index is -0.473. The minimum Gasteiger partial charge on any atom is -0.444 e. The molecule has 22 heavy (non-hydrogen) atoms. The maximum Gasteiger partial charge on any atom is 0.407 e. The lowest BCUT2D eigenvalue weighted by atomic mass is 10.1. The number of rotatable bonds is 8. The summed E-state index contributed by atoms with van der Waals surface area (Å²) in [5, 5.41) is 6.24. The quantitative estimate of drug-likeness (QED) is 0.701. The molecular weight excluding hydrogens is 296 g/mol. The molecule has 124 valence electrons. The largest absolute Gasteiger partial charge is 0.444 e. The van der Waals surface area contributed by atoms with E-state index in [1.165, 1.54) is 12.2 Å². The summed E-state index contributed by atoms with van der Waals surface area (Å²) in [6.45, 7) is 6.98. The van der Waals surface area contributed by atoms with E-state index in [9.17, 15) is 4.79 Å². The fourth-order valence-corrected chi connectivity index (χ4v) is 2.42. The van der Waals surface area contributed by atoms with Gasteiger partial charge in [-0.15, -0.1) is 0 Å². The third kappa shape index (κ3) is 8.17. The van der Waals surface area contributed by atoms with Gasteiger partial charge in [0.1, 0.15) is 5.60 Å². The van der Waals surface area contributed by atoms with Crippen molar-refractivity contribution >= 4 is 23.5 Å². The number of carbonyl (C=O) groups is 1. The van der Waals surface area contributed by atoms with Crippen LogP contribution >= 0.6 is 11.8 Å². The Balaban J connectivity index is 2.44. The number of anilines is 1. The Hall–Kier alpha value is -1.36. The molecule has 2 N–H and O–H groups in total.